The monoisotopic (exact) mass is 252 g/mol. The van der Waals surface area contributed by atoms with E-state index < -0.39 is 0 Å². The Morgan fingerprint density at radius 1 is 1.56 bits per heavy atom. The van der Waals surface area contributed by atoms with Crippen molar-refractivity contribution < 1.29 is 13.9 Å². The fourth-order valence-corrected chi connectivity index (χ4v) is 2.14. The fraction of sp³-hybridized carbons (Fsp3) is 0.615. The molecule has 1 aromatic rings. The minimum absolute atomic E-state index is 0.0227. The Morgan fingerprint density at radius 3 is 2.89 bits per heavy atom. The standard InChI is InChI=1S/C13H20N2O3/c1-3-8-5-6-10(18-8)13(16)15-12-9(14)7-11(12)17-4-2/h5-6,9,11-12H,3-4,7,14H2,1-2H3,(H,15,16). The van der Waals surface area contributed by atoms with Crippen molar-refractivity contribution in [3.63, 3.8) is 0 Å². The van der Waals surface area contributed by atoms with Crippen molar-refractivity contribution in [2.45, 2.75) is 44.9 Å². The van der Waals surface area contributed by atoms with Crippen LogP contribution < -0.4 is 11.1 Å². The van der Waals surface area contributed by atoms with Gasteiger partial charge in [-0.25, -0.2) is 0 Å². The Balaban J connectivity index is 1.94. The zero-order chi connectivity index (χ0) is 13.1. The highest BCUT2D eigenvalue weighted by atomic mass is 16.5. The Morgan fingerprint density at radius 2 is 2.33 bits per heavy atom. The summed E-state index contributed by atoms with van der Waals surface area (Å²) in [5.41, 5.74) is 5.88. The zero-order valence-corrected chi connectivity index (χ0v) is 10.8. The lowest BCUT2D eigenvalue weighted by atomic mass is 9.83. The van der Waals surface area contributed by atoms with Gasteiger partial charge in [-0.05, 0) is 25.5 Å². The predicted molar refractivity (Wildman–Crippen MR) is 67.3 cm³/mol. The molecule has 0 radical (unpaired) electrons. The third kappa shape index (κ3) is 2.57. The Hall–Kier alpha value is -1.33. The van der Waals surface area contributed by atoms with Gasteiger partial charge in [0, 0.05) is 19.1 Å². The molecule has 1 saturated carbocycles. The lowest BCUT2D eigenvalue weighted by Crippen LogP contribution is -2.64. The molecule has 0 aliphatic heterocycles. The highest BCUT2D eigenvalue weighted by Gasteiger charge is 2.40. The first-order valence-corrected chi connectivity index (χ1v) is 6.42. The summed E-state index contributed by atoms with van der Waals surface area (Å²) in [4.78, 5) is 12.0. The summed E-state index contributed by atoms with van der Waals surface area (Å²) in [5.74, 6) is 0.917. The number of nitrogens with one attached hydrogen (secondary N) is 1. The summed E-state index contributed by atoms with van der Waals surface area (Å²) in [5, 5.41) is 2.87. The van der Waals surface area contributed by atoms with Crippen molar-refractivity contribution in [2.24, 2.45) is 5.73 Å². The minimum Gasteiger partial charge on any atom is -0.456 e. The molecular formula is C13H20N2O3. The van der Waals surface area contributed by atoms with Crippen LogP contribution in [0.15, 0.2) is 16.5 Å². The van der Waals surface area contributed by atoms with Gasteiger partial charge in [0.1, 0.15) is 5.76 Å². The van der Waals surface area contributed by atoms with Gasteiger partial charge in [0.05, 0.1) is 12.1 Å². The van der Waals surface area contributed by atoms with Gasteiger partial charge in [-0.1, -0.05) is 6.92 Å². The van der Waals surface area contributed by atoms with E-state index in [2.05, 4.69) is 5.32 Å². The summed E-state index contributed by atoms with van der Waals surface area (Å²) in [6.45, 7) is 4.54. The van der Waals surface area contributed by atoms with Crippen LogP contribution in [-0.4, -0.2) is 30.7 Å². The van der Waals surface area contributed by atoms with Gasteiger partial charge in [-0.15, -0.1) is 0 Å². The number of furan rings is 1. The Kier molecular flexibility index (Phi) is 4.04. The van der Waals surface area contributed by atoms with Crippen molar-refractivity contribution >= 4 is 5.91 Å². The molecule has 0 bridgehead atoms. The molecule has 1 aliphatic rings. The largest absolute Gasteiger partial charge is 0.456 e. The van der Waals surface area contributed by atoms with Crippen LogP contribution >= 0.6 is 0 Å². The van der Waals surface area contributed by atoms with E-state index in [1.165, 1.54) is 0 Å². The molecule has 0 spiro atoms. The van der Waals surface area contributed by atoms with Crippen molar-refractivity contribution in [1.29, 1.82) is 0 Å². The van der Waals surface area contributed by atoms with Crippen molar-refractivity contribution in [1.82, 2.24) is 5.32 Å². The maximum atomic E-state index is 12.0. The number of hydrogen-bond acceptors (Lipinski definition) is 4. The molecular weight excluding hydrogens is 232 g/mol. The van der Waals surface area contributed by atoms with Crippen LogP contribution in [0.2, 0.25) is 0 Å². The number of amides is 1. The third-order valence-corrected chi connectivity index (χ3v) is 3.28. The van der Waals surface area contributed by atoms with E-state index in [0.717, 1.165) is 18.6 Å². The first kappa shape index (κ1) is 13.1. The van der Waals surface area contributed by atoms with Gasteiger partial charge >= 0.3 is 0 Å². The van der Waals surface area contributed by atoms with Crippen LogP contribution in [0.1, 0.15) is 36.6 Å². The third-order valence-electron chi connectivity index (χ3n) is 3.28. The molecule has 2 rings (SSSR count). The number of rotatable bonds is 5. The smallest absolute Gasteiger partial charge is 0.287 e. The number of nitrogens with two attached hydrogens (primary N) is 1. The first-order valence-electron chi connectivity index (χ1n) is 6.42. The Labute approximate surface area is 107 Å². The molecule has 0 saturated heterocycles. The molecule has 5 nitrogen and oxygen atoms in total. The average Bonchev–Trinajstić information content (AvgIpc) is 2.84. The van der Waals surface area contributed by atoms with Crippen LogP contribution in [0.4, 0.5) is 0 Å². The summed E-state index contributed by atoms with van der Waals surface area (Å²) in [7, 11) is 0. The number of hydrogen-bond donors (Lipinski definition) is 2. The van der Waals surface area contributed by atoms with Crippen molar-refractivity contribution in [3.8, 4) is 0 Å². The molecule has 1 fully saturated rings. The predicted octanol–water partition coefficient (Wildman–Crippen LogP) is 1.08. The van der Waals surface area contributed by atoms with Crippen LogP contribution in [0.25, 0.3) is 0 Å². The van der Waals surface area contributed by atoms with Gasteiger partial charge in [0.2, 0.25) is 0 Å². The maximum Gasteiger partial charge on any atom is 0.287 e. The van der Waals surface area contributed by atoms with Crippen molar-refractivity contribution in [3.05, 3.63) is 23.7 Å². The van der Waals surface area contributed by atoms with E-state index in [4.69, 9.17) is 14.9 Å². The molecule has 100 valence electrons. The second kappa shape index (κ2) is 5.54. The zero-order valence-electron chi connectivity index (χ0n) is 10.8. The number of carbonyl (C=O) groups excluding carboxylic acids is 1. The molecule has 3 N–H and O–H groups in total. The summed E-state index contributed by atoms with van der Waals surface area (Å²) in [6, 6.07) is 3.35. The summed E-state index contributed by atoms with van der Waals surface area (Å²) < 4.78 is 10.9. The summed E-state index contributed by atoms with van der Waals surface area (Å²) in [6.07, 6.45) is 1.59. The first-order chi connectivity index (χ1) is 8.65. The van der Waals surface area contributed by atoms with Gasteiger partial charge in [0.15, 0.2) is 5.76 Å². The molecule has 1 aromatic heterocycles. The highest BCUT2D eigenvalue weighted by Crippen LogP contribution is 2.23. The van der Waals surface area contributed by atoms with E-state index in [1.807, 2.05) is 19.9 Å². The fourth-order valence-electron chi connectivity index (χ4n) is 2.14. The van der Waals surface area contributed by atoms with Gasteiger partial charge < -0.3 is 20.2 Å². The molecule has 1 amide bonds. The normalized spacial score (nSPS) is 26.7. The molecule has 3 atom stereocenters. The number of carbonyl (C=O) groups is 1. The van der Waals surface area contributed by atoms with Crippen molar-refractivity contribution in [2.75, 3.05) is 6.61 Å². The van der Waals surface area contributed by atoms with Crippen LogP contribution in [0, 0.1) is 0 Å². The lowest BCUT2D eigenvalue weighted by molar-refractivity contribution is -0.0302. The molecule has 5 heteroatoms. The molecule has 1 aliphatic carbocycles. The van der Waals surface area contributed by atoms with E-state index in [0.29, 0.717) is 12.4 Å². The molecule has 18 heavy (non-hydrogen) atoms. The van der Waals surface area contributed by atoms with E-state index in [9.17, 15) is 4.79 Å². The van der Waals surface area contributed by atoms with Gasteiger partial charge in [-0.3, -0.25) is 4.79 Å². The van der Waals surface area contributed by atoms with Crippen LogP contribution in [0.3, 0.4) is 0 Å². The van der Waals surface area contributed by atoms with Crippen LogP contribution in [0.5, 0.6) is 0 Å². The average molecular weight is 252 g/mol. The highest BCUT2D eigenvalue weighted by molar-refractivity contribution is 5.91. The topological polar surface area (TPSA) is 77.5 Å². The Bertz CT molecular complexity index is 414. The van der Waals surface area contributed by atoms with E-state index >= 15 is 0 Å². The molecule has 1 heterocycles. The SMILES string of the molecule is CCOC1CC(N)C1NC(=O)c1ccc(CC)o1. The maximum absolute atomic E-state index is 12.0. The summed E-state index contributed by atoms with van der Waals surface area (Å²) >= 11 is 0. The minimum atomic E-state index is -0.223. The van der Waals surface area contributed by atoms with Crippen LogP contribution in [-0.2, 0) is 11.2 Å². The van der Waals surface area contributed by atoms with E-state index in [1.54, 1.807) is 6.07 Å². The lowest BCUT2D eigenvalue weighted by Gasteiger charge is -2.42. The van der Waals surface area contributed by atoms with Gasteiger partial charge in [-0.2, -0.15) is 0 Å². The second-order valence-corrected chi connectivity index (χ2v) is 4.51. The number of ether oxygens (including phenoxy) is 1. The van der Waals surface area contributed by atoms with Gasteiger partial charge in [0.25, 0.3) is 5.91 Å². The molecule has 0 aromatic carbocycles. The molecule has 3 unspecified atom stereocenters. The van der Waals surface area contributed by atoms with E-state index in [-0.39, 0.29) is 24.1 Å². The second-order valence-electron chi connectivity index (χ2n) is 4.51. The number of aryl methyl sites for hydroxylation is 1. The quantitative estimate of drug-likeness (QED) is 0.822.